The standard InChI is InChI=1S/C16H19F3N2O/c1-11(2)15(22)20-13-10-12(16(17,18)19)6-7-14(13)21-8-4-3-5-9-21/h6-7,10H,1,3-5,8-9H2,2H3,(H,20,22). The Hall–Kier alpha value is -1.98. The van der Waals surface area contributed by atoms with E-state index in [1.165, 1.54) is 13.0 Å². The molecule has 0 saturated carbocycles. The second-order valence-electron chi connectivity index (χ2n) is 5.51. The van der Waals surface area contributed by atoms with Crippen LogP contribution in [0.25, 0.3) is 0 Å². The van der Waals surface area contributed by atoms with Crippen LogP contribution in [0.5, 0.6) is 0 Å². The van der Waals surface area contributed by atoms with Crippen molar-refractivity contribution in [1.82, 2.24) is 0 Å². The number of nitrogens with one attached hydrogen (secondary N) is 1. The van der Waals surface area contributed by atoms with Gasteiger partial charge < -0.3 is 10.2 Å². The van der Waals surface area contributed by atoms with E-state index in [0.717, 1.165) is 44.5 Å². The Balaban J connectivity index is 2.38. The summed E-state index contributed by atoms with van der Waals surface area (Å²) in [6, 6.07) is 3.48. The lowest BCUT2D eigenvalue weighted by molar-refractivity contribution is -0.137. The molecule has 22 heavy (non-hydrogen) atoms. The van der Waals surface area contributed by atoms with Gasteiger partial charge in [-0.05, 0) is 44.4 Å². The molecule has 1 aromatic carbocycles. The smallest absolute Gasteiger partial charge is 0.370 e. The van der Waals surface area contributed by atoms with Gasteiger partial charge in [-0.15, -0.1) is 0 Å². The number of nitrogens with zero attached hydrogens (tertiary/aromatic N) is 1. The van der Waals surface area contributed by atoms with Crippen molar-refractivity contribution in [2.45, 2.75) is 32.4 Å². The van der Waals surface area contributed by atoms with Gasteiger partial charge in [-0.2, -0.15) is 13.2 Å². The molecular formula is C16H19F3N2O. The lowest BCUT2D eigenvalue weighted by Gasteiger charge is -2.31. The van der Waals surface area contributed by atoms with Gasteiger partial charge in [0.05, 0.1) is 16.9 Å². The van der Waals surface area contributed by atoms with Gasteiger partial charge >= 0.3 is 6.18 Å². The van der Waals surface area contributed by atoms with Gasteiger partial charge in [-0.25, -0.2) is 0 Å². The number of hydrogen-bond acceptors (Lipinski definition) is 2. The Morgan fingerprint density at radius 3 is 2.41 bits per heavy atom. The molecule has 0 unspecified atom stereocenters. The molecule has 0 radical (unpaired) electrons. The maximum absolute atomic E-state index is 12.9. The van der Waals surface area contributed by atoms with E-state index in [4.69, 9.17) is 0 Å². The number of benzene rings is 1. The first kappa shape index (κ1) is 16.4. The number of alkyl halides is 3. The Kier molecular flexibility index (Phi) is 4.78. The first-order valence-corrected chi connectivity index (χ1v) is 7.22. The zero-order valence-electron chi connectivity index (χ0n) is 12.5. The van der Waals surface area contributed by atoms with Crippen molar-refractivity contribution < 1.29 is 18.0 Å². The molecule has 1 aliphatic heterocycles. The minimum atomic E-state index is -4.44. The van der Waals surface area contributed by atoms with E-state index < -0.39 is 17.6 Å². The fourth-order valence-corrected chi connectivity index (χ4v) is 2.45. The summed E-state index contributed by atoms with van der Waals surface area (Å²) in [5.74, 6) is -0.474. The van der Waals surface area contributed by atoms with Crippen LogP contribution in [-0.2, 0) is 11.0 Å². The molecule has 0 aliphatic carbocycles. The van der Waals surface area contributed by atoms with Crippen LogP contribution in [0.3, 0.4) is 0 Å². The summed E-state index contributed by atoms with van der Waals surface area (Å²) in [6.45, 7) is 6.59. The number of hydrogen-bond donors (Lipinski definition) is 1. The van der Waals surface area contributed by atoms with E-state index in [2.05, 4.69) is 11.9 Å². The fraction of sp³-hybridized carbons (Fsp3) is 0.438. The molecule has 0 atom stereocenters. The maximum Gasteiger partial charge on any atom is 0.416 e. The van der Waals surface area contributed by atoms with Crippen molar-refractivity contribution in [3.05, 3.63) is 35.9 Å². The molecule has 6 heteroatoms. The fourth-order valence-electron chi connectivity index (χ4n) is 2.45. The number of halogens is 3. The first-order chi connectivity index (χ1) is 10.3. The van der Waals surface area contributed by atoms with Crippen LogP contribution in [0.4, 0.5) is 24.5 Å². The topological polar surface area (TPSA) is 32.3 Å². The molecule has 0 aromatic heterocycles. The van der Waals surface area contributed by atoms with E-state index in [-0.39, 0.29) is 11.3 Å². The number of carbonyl (C=O) groups is 1. The average Bonchev–Trinajstić information content (AvgIpc) is 2.47. The van der Waals surface area contributed by atoms with E-state index in [1.807, 2.05) is 4.90 Å². The van der Waals surface area contributed by atoms with E-state index >= 15 is 0 Å². The first-order valence-electron chi connectivity index (χ1n) is 7.22. The molecule has 0 bridgehead atoms. The molecule has 1 aromatic rings. The second-order valence-corrected chi connectivity index (χ2v) is 5.51. The van der Waals surface area contributed by atoms with Gasteiger partial charge in [-0.1, -0.05) is 6.58 Å². The number of rotatable bonds is 3. The Labute approximate surface area is 127 Å². The third kappa shape index (κ3) is 3.81. The van der Waals surface area contributed by atoms with Crippen LogP contribution in [0.1, 0.15) is 31.7 Å². The number of amides is 1. The quantitative estimate of drug-likeness (QED) is 0.848. The third-order valence-corrected chi connectivity index (χ3v) is 3.66. The lowest BCUT2D eigenvalue weighted by Crippen LogP contribution is -2.30. The molecule has 120 valence electrons. The molecular weight excluding hydrogens is 293 g/mol. The van der Waals surface area contributed by atoms with Gasteiger partial charge in [0.1, 0.15) is 0 Å². The maximum atomic E-state index is 12.9. The number of carbonyl (C=O) groups excluding carboxylic acids is 1. The number of piperidine rings is 1. The second kappa shape index (κ2) is 6.42. The summed E-state index contributed by atoms with van der Waals surface area (Å²) >= 11 is 0. The van der Waals surface area contributed by atoms with Gasteiger partial charge in [0.25, 0.3) is 5.91 Å². The van der Waals surface area contributed by atoms with Crippen molar-refractivity contribution in [1.29, 1.82) is 0 Å². The molecule has 1 heterocycles. The Morgan fingerprint density at radius 1 is 1.23 bits per heavy atom. The van der Waals surface area contributed by atoms with Crippen LogP contribution < -0.4 is 10.2 Å². The molecule has 3 nitrogen and oxygen atoms in total. The van der Waals surface area contributed by atoms with Crippen molar-refractivity contribution in [3.8, 4) is 0 Å². The summed E-state index contributed by atoms with van der Waals surface area (Å²) in [6.07, 6.45) is -1.34. The minimum Gasteiger partial charge on any atom is -0.370 e. The zero-order chi connectivity index (χ0) is 16.3. The predicted molar refractivity (Wildman–Crippen MR) is 81.0 cm³/mol. The zero-order valence-corrected chi connectivity index (χ0v) is 12.5. The predicted octanol–water partition coefficient (Wildman–Crippen LogP) is 4.21. The highest BCUT2D eigenvalue weighted by Crippen LogP contribution is 2.36. The monoisotopic (exact) mass is 312 g/mol. The molecule has 1 saturated heterocycles. The van der Waals surface area contributed by atoms with Crippen LogP contribution >= 0.6 is 0 Å². The third-order valence-electron chi connectivity index (χ3n) is 3.66. The van der Waals surface area contributed by atoms with Crippen LogP contribution in [0, 0.1) is 0 Å². The van der Waals surface area contributed by atoms with Crippen LogP contribution in [0.2, 0.25) is 0 Å². The largest absolute Gasteiger partial charge is 0.416 e. The summed E-state index contributed by atoms with van der Waals surface area (Å²) < 4.78 is 38.7. The molecule has 1 N–H and O–H groups in total. The highest BCUT2D eigenvalue weighted by atomic mass is 19.4. The molecule has 2 rings (SSSR count). The van der Waals surface area contributed by atoms with Gasteiger partial charge in [0.15, 0.2) is 0 Å². The Bertz CT molecular complexity index is 575. The van der Waals surface area contributed by atoms with Gasteiger partial charge in [-0.3, -0.25) is 4.79 Å². The molecule has 0 spiro atoms. The molecule has 1 fully saturated rings. The average molecular weight is 312 g/mol. The molecule has 1 amide bonds. The van der Waals surface area contributed by atoms with Gasteiger partial charge in [0, 0.05) is 18.7 Å². The van der Waals surface area contributed by atoms with Crippen LogP contribution in [-0.4, -0.2) is 19.0 Å². The summed E-state index contributed by atoms with van der Waals surface area (Å²) in [5, 5.41) is 2.54. The van der Waals surface area contributed by atoms with Crippen LogP contribution in [0.15, 0.2) is 30.4 Å². The van der Waals surface area contributed by atoms with Gasteiger partial charge in [0.2, 0.25) is 0 Å². The minimum absolute atomic E-state index is 0.185. The van der Waals surface area contributed by atoms with Crippen molar-refractivity contribution in [2.75, 3.05) is 23.3 Å². The van der Waals surface area contributed by atoms with E-state index in [0.29, 0.717) is 5.69 Å². The molecule has 1 aliphatic rings. The van der Waals surface area contributed by atoms with E-state index in [9.17, 15) is 18.0 Å². The van der Waals surface area contributed by atoms with Crippen molar-refractivity contribution >= 4 is 17.3 Å². The lowest BCUT2D eigenvalue weighted by atomic mass is 10.1. The van der Waals surface area contributed by atoms with Crippen molar-refractivity contribution in [2.24, 2.45) is 0 Å². The highest BCUT2D eigenvalue weighted by molar-refractivity contribution is 6.04. The normalized spacial score (nSPS) is 15.5. The highest BCUT2D eigenvalue weighted by Gasteiger charge is 2.31. The summed E-state index contributed by atoms with van der Waals surface area (Å²) in [7, 11) is 0. The van der Waals surface area contributed by atoms with E-state index in [1.54, 1.807) is 0 Å². The summed E-state index contributed by atoms with van der Waals surface area (Å²) in [5.41, 5.74) is 0.291. The Morgan fingerprint density at radius 2 is 1.86 bits per heavy atom. The van der Waals surface area contributed by atoms with Crippen molar-refractivity contribution in [3.63, 3.8) is 0 Å². The SMILES string of the molecule is C=C(C)C(=O)Nc1cc(C(F)(F)F)ccc1N1CCCCC1. The number of anilines is 2. The summed E-state index contributed by atoms with van der Waals surface area (Å²) in [4.78, 5) is 13.8.